The van der Waals surface area contributed by atoms with Crippen molar-refractivity contribution in [2.45, 2.75) is 33.2 Å². The Kier molecular flexibility index (Phi) is 2.79. The molecule has 1 aromatic carbocycles. The lowest BCUT2D eigenvalue weighted by molar-refractivity contribution is 0.439. The molecule has 0 saturated heterocycles. The Labute approximate surface area is 97.1 Å². The molecule has 0 spiro atoms. The maximum Gasteiger partial charge on any atom is 0.123 e. The van der Waals surface area contributed by atoms with Gasteiger partial charge in [0.2, 0.25) is 0 Å². The van der Waals surface area contributed by atoms with Gasteiger partial charge in [0.1, 0.15) is 5.82 Å². The van der Waals surface area contributed by atoms with Crippen LogP contribution in [0.1, 0.15) is 37.4 Å². The van der Waals surface area contributed by atoms with Crippen LogP contribution in [0.2, 0.25) is 0 Å². The van der Waals surface area contributed by atoms with Crippen LogP contribution in [0, 0.1) is 24.1 Å². The number of halogens is 1. The Hall–Kier alpha value is -0.890. The molecule has 16 heavy (non-hydrogen) atoms. The fourth-order valence-corrected chi connectivity index (χ4v) is 2.64. The van der Waals surface area contributed by atoms with Crippen molar-refractivity contribution in [3.8, 4) is 0 Å². The Morgan fingerprint density at radius 3 is 2.50 bits per heavy atom. The molecule has 1 aliphatic carbocycles. The van der Waals surface area contributed by atoms with Crippen LogP contribution in [-0.4, -0.2) is 7.05 Å². The van der Waals surface area contributed by atoms with Gasteiger partial charge in [0.25, 0.3) is 0 Å². The van der Waals surface area contributed by atoms with Gasteiger partial charge in [-0.15, -0.1) is 0 Å². The highest BCUT2D eigenvalue weighted by Gasteiger charge is 2.50. The largest absolute Gasteiger partial charge is 0.313 e. The van der Waals surface area contributed by atoms with E-state index in [1.165, 1.54) is 12.0 Å². The molecule has 1 aromatic rings. The van der Waals surface area contributed by atoms with Gasteiger partial charge in [-0.2, -0.15) is 0 Å². The first-order valence-corrected chi connectivity index (χ1v) is 5.89. The van der Waals surface area contributed by atoms with Crippen molar-refractivity contribution in [2.24, 2.45) is 11.3 Å². The molecule has 0 radical (unpaired) electrons. The van der Waals surface area contributed by atoms with E-state index in [1.54, 1.807) is 12.1 Å². The van der Waals surface area contributed by atoms with Crippen molar-refractivity contribution in [1.82, 2.24) is 5.32 Å². The van der Waals surface area contributed by atoms with Crippen LogP contribution < -0.4 is 5.32 Å². The smallest absolute Gasteiger partial charge is 0.123 e. The Bertz CT molecular complexity index is 398. The number of hydrogen-bond acceptors (Lipinski definition) is 1. The average molecular weight is 221 g/mol. The van der Waals surface area contributed by atoms with E-state index in [1.807, 2.05) is 20.0 Å². The Morgan fingerprint density at radius 1 is 1.44 bits per heavy atom. The fourth-order valence-electron chi connectivity index (χ4n) is 2.64. The molecule has 2 atom stereocenters. The van der Waals surface area contributed by atoms with E-state index in [2.05, 4.69) is 19.2 Å². The van der Waals surface area contributed by atoms with E-state index < -0.39 is 0 Å². The zero-order valence-corrected chi connectivity index (χ0v) is 10.5. The summed E-state index contributed by atoms with van der Waals surface area (Å²) >= 11 is 0. The molecule has 88 valence electrons. The van der Waals surface area contributed by atoms with E-state index in [0.29, 0.717) is 17.4 Å². The molecule has 1 saturated carbocycles. The molecule has 1 aliphatic rings. The predicted molar refractivity (Wildman–Crippen MR) is 64.8 cm³/mol. The molecule has 0 bridgehead atoms. The van der Waals surface area contributed by atoms with Gasteiger partial charge in [0, 0.05) is 6.04 Å². The zero-order chi connectivity index (χ0) is 11.9. The van der Waals surface area contributed by atoms with E-state index in [4.69, 9.17) is 0 Å². The third kappa shape index (κ3) is 1.99. The van der Waals surface area contributed by atoms with Crippen molar-refractivity contribution >= 4 is 0 Å². The molecule has 1 N–H and O–H groups in total. The minimum absolute atomic E-state index is 0.147. The first-order chi connectivity index (χ1) is 7.45. The highest BCUT2D eigenvalue weighted by molar-refractivity contribution is 5.31. The summed E-state index contributed by atoms with van der Waals surface area (Å²) in [5.41, 5.74) is 2.70. The second-order valence-corrected chi connectivity index (χ2v) is 5.57. The maximum absolute atomic E-state index is 13.1. The van der Waals surface area contributed by atoms with Gasteiger partial charge in [-0.05, 0) is 55.0 Å². The van der Waals surface area contributed by atoms with Crippen LogP contribution in [0.3, 0.4) is 0 Å². The molecule has 1 nitrogen and oxygen atoms in total. The third-order valence-electron chi connectivity index (χ3n) is 3.87. The van der Waals surface area contributed by atoms with Gasteiger partial charge >= 0.3 is 0 Å². The van der Waals surface area contributed by atoms with Gasteiger partial charge in [-0.3, -0.25) is 0 Å². The second kappa shape index (κ2) is 3.85. The van der Waals surface area contributed by atoms with Crippen molar-refractivity contribution in [1.29, 1.82) is 0 Å². The minimum Gasteiger partial charge on any atom is -0.313 e. The molecule has 0 amide bonds. The fraction of sp³-hybridized carbons (Fsp3) is 0.571. The van der Waals surface area contributed by atoms with Gasteiger partial charge in [0.05, 0.1) is 0 Å². The topological polar surface area (TPSA) is 12.0 Å². The van der Waals surface area contributed by atoms with Gasteiger partial charge < -0.3 is 5.32 Å². The highest BCUT2D eigenvalue weighted by atomic mass is 19.1. The molecule has 0 aromatic heterocycles. The van der Waals surface area contributed by atoms with Crippen LogP contribution >= 0.6 is 0 Å². The normalized spacial score (nSPS) is 24.2. The van der Waals surface area contributed by atoms with Crippen LogP contribution in [0.25, 0.3) is 0 Å². The second-order valence-electron chi connectivity index (χ2n) is 5.57. The van der Waals surface area contributed by atoms with Crippen LogP contribution in [0.4, 0.5) is 4.39 Å². The monoisotopic (exact) mass is 221 g/mol. The molecular formula is C14H20FN. The number of rotatable bonds is 3. The third-order valence-corrected chi connectivity index (χ3v) is 3.87. The van der Waals surface area contributed by atoms with Crippen molar-refractivity contribution < 1.29 is 4.39 Å². The molecule has 0 aliphatic heterocycles. The van der Waals surface area contributed by atoms with Crippen molar-refractivity contribution in [3.05, 3.63) is 35.1 Å². The van der Waals surface area contributed by atoms with E-state index in [-0.39, 0.29) is 5.82 Å². The highest BCUT2D eigenvalue weighted by Crippen LogP contribution is 2.57. The summed E-state index contributed by atoms with van der Waals surface area (Å²) in [6.45, 7) is 6.57. The quantitative estimate of drug-likeness (QED) is 0.824. The molecular weight excluding hydrogens is 201 g/mol. The lowest BCUT2D eigenvalue weighted by atomic mass is 9.94. The number of benzene rings is 1. The minimum atomic E-state index is -0.147. The standard InChI is InChI=1S/C14H20FN/c1-9-7-10(15)5-6-11(9)13(16-4)12-8-14(12,2)3/h5-7,12-13,16H,8H2,1-4H3. The van der Waals surface area contributed by atoms with E-state index in [9.17, 15) is 4.39 Å². The molecule has 2 unspecified atom stereocenters. The van der Waals surface area contributed by atoms with Crippen LogP contribution in [-0.2, 0) is 0 Å². The predicted octanol–water partition coefficient (Wildman–Crippen LogP) is 3.44. The summed E-state index contributed by atoms with van der Waals surface area (Å²) < 4.78 is 13.1. The summed E-state index contributed by atoms with van der Waals surface area (Å²) in [5, 5.41) is 3.37. The van der Waals surface area contributed by atoms with E-state index in [0.717, 1.165) is 5.56 Å². The van der Waals surface area contributed by atoms with Crippen molar-refractivity contribution in [3.63, 3.8) is 0 Å². The van der Waals surface area contributed by atoms with Gasteiger partial charge in [0.15, 0.2) is 0 Å². The van der Waals surface area contributed by atoms with E-state index >= 15 is 0 Å². The van der Waals surface area contributed by atoms with Crippen LogP contribution in [0.15, 0.2) is 18.2 Å². The molecule has 1 fully saturated rings. The average Bonchev–Trinajstić information content (AvgIpc) is 2.80. The summed E-state index contributed by atoms with van der Waals surface area (Å²) in [6.07, 6.45) is 1.25. The van der Waals surface area contributed by atoms with Crippen molar-refractivity contribution in [2.75, 3.05) is 7.05 Å². The Balaban J connectivity index is 2.28. The van der Waals surface area contributed by atoms with Gasteiger partial charge in [-0.25, -0.2) is 4.39 Å². The van der Waals surface area contributed by atoms with Crippen LogP contribution in [0.5, 0.6) is 0 Å². The lowest BCUT2D eigenvalue weighted by Gasteiger charge is -2.20. The number of aryl methyl sites for hydroxylation is 1. The number of hydrogen-bond donors (Lipinski definition) is 1. The first kappa shape index (κ1) is 11.6. The maximum atomic E-state index is 13.1. The lowest BCUT2D eigenvalue weighted by Crippen LogP contribution is -2.21. The molecule has 2 heteroatoms. The summed E-state index contributed by atoms with van der Waals surface area (Å²) in [5.74, 6) is 0.521. The number of nitrogens with one attached hydrogen (secondary N) is 1. The van der Waals surface area contributed by atoms with Gasteiger partial charge in [-0.1, -0.05) is 19.9 Å². The summed E-state index contributed by atoms with van der Waals surface area (Å²) in [7, 11) is 1.99. The summed E-state index contributed by atoms with van der Waals surface area (Å²) in [6, 6.07) is 5.45. The SMILES string of the molecule is CNC(c1ccc(F)cc1C)C1CC1(C)C. The summed E-state index contributed by atoms with van der Waals surface area (Å²) in [4.78, 5) is 0. The first-order valence-electron chi connectivity index (χ1n) is 5.89. The molecule has 2 rings (SSSR count). The zero-order valence-electron chi connectivity index (χ0n) is 10.5. The molecule has 0 heterocycles. The Morgan fingerprint density at radius 2 is 2.06 bits per heavy atom.